The van der Waals surface area contributed by atoms with Gasteiger partial charge in [-0.15, -0.1) is 0 Å². The molecule has 3 fully saturated rings. The van der Waals surface area contributed by atoms with Crippen molar-refractivity contribution in [1.82, 2.24) is 0 Å². The van der Waals surface area contributed by atoms with Crippen LogP contribution in [0.1, 0.15) is 50.7 Å². The van der Waals surface area contributed by atoms with Crippen molar-refractivity contribution >= 4 is 23.2 Å². The minimum atomic E-state index is -1.14. The van der Waals surface area contributed by atoms with E-state index in [0.29, 0.717) is 21.9 Å². The third-order valence-corrected chi connectivity index (χ3v) is 7.53. The molecule has 2 aromatic carbocycles. The molecule has 154 valence electrons. The van der Waals surface area contributed by atoms with Gasteiger partial charge in [-0.3, -0.25) is 0 Å². The Morgan fingerprint density at radius 3 is 1.93 bits per heavy atom. The van der Waals surface area contributed by atoms with Gasteiger partial charge in [-0.05, 0) is 61.8 Å². The van der Waals surface area contributed by atoms with Crippen molar-refractivity contribution in [2.75, 3.05) is 0 Å². The van der Waals surface area contributed by atoms with E-state index in [4.69, 9.17) is 37.7 Å². The zero-order valence-electron chi connectivity index (χ0n) is 16.7. The lowest BCUT2D eigenvalue weighted by Gasteiger charge is -2.50. The van der Waals surface area contributed by atoms with Crippen LogP contribution in [-0.2, 0) is 20.3 Å². The zero-order chi connectivity index (χ0) is 20.2. The van der Waals surface area contributed by atoms with Crippen molar-refractivity contribution < 1.29 is 14.5 Å². The highest BCUT2D eigenvalue weighted by molar-refractivity contribution is 6.30. The lowest BCUT2D eigenvalue weighted by molar-refractivity contribution is -0.376. The van der Waals surface area contributed by atoms with Gasteiger partial charge in [0, 0.05) is 33.0 Å². The summed E-state index contributed by atoms with van der Waals surface area (Å²) in [5.74, 6) is 0.109. The molecule has 5 atom stereocenters. The maximum absolute atomic E-state index is 6.95. The van der Waals surface area contributed by atoms with E-state index in [0.717, 1.165) is 36.3 Å². The summed E-state index contributed by atoms with van der Waals surface area (Å²) in [6.07, 6.45) is 4.63. The van der Waals surface area contributed by atoms with Crippen LogP contribution in [-0.4, -0.2) is 5.79 Å². The van der Waals surface area contributed by atoms with Crippen LogP contribution in [0.15, 0.2) is 48.5 Å². The van der Waals surface area contributed by atoms with Crippen LogP contribution in [0.4, 0.5) is 0 Å². The Kier molecular flexibility index (Phi) is 4.96. The topological polar surface area (TPSA) is 27.7 Å². The normalized spacial score (nSPS) is 35.7. The predicted molar refractivity (Wildman–Crippen MR) is 113 cm³/mol. The van der Waals surface area contributed by atoms with Gasteiger partial charge in [0.2, 0.25) is 5.79 Å². The summed E-state index contributed by atoms with van der Waals surface area (Å²) < 4.78 is 6.95. The van der Waals surface area contributed by atoms with E-state index in [-0.39, 0.29) is 5.92 Å². The number of ether oxygens (including phenoxy) is 1. The second-order valence-electron chi connectivity index (χ2n) is 9.13. The Morgan fingerprint density at radius 1 is 0.759 bits per heavy atom. The van der Waals surface area contributed by atoms with Crippen molar-refractivity contribution in [3.8, 4) is 0 Å². The van der Waals surface area contributed by atoms with Crippen LogP contribution in [0.5, 0.6) is 0 Å². The SMILES string of the molecule is CC1CC2CC(C)C3(OOC(c4ccc(Cl)cc4)(c4ccc(Cl)cc4)O3)C(C1)C2. The van der Waals surface area contributed by atoms with Gasteiger partial charge in [0.25, 0.3) is 5.79 Å². The predicted octanol–water partition coefficient (Wildman–Crippen LogP) is 6.96. The zero-order valence-corrected chi connectivity index (χ0v) is 18.2. The van der Waals surface area contributed by atoms with Gasteiger partial charge >= 0.3 is 0 Å². The fourth-order valence-corrected chi connectivity index (χ4v) is 6.02. The minimum Gasteiger partial charge on any atom is -0.304 e. The molecule has 29 heavy (non-hydrogen) atoms. The number of benzene rings is 2. The summed E-state index contributed by atoms with van der Waals surface area (Å²) in [5, 5.41) is 1.34. The van der Waals surface area contributed by atoms with E-state index in [2.05, 4.69) is 13.8 Å². The van der Waals surface area contributed by atoms with Crippen molar-refractivity contribution in [2.24, 2.45) is 23.7 Å². The van der Waals surface area contributed by atoms with Gasteiger partial charge in [0.15, 0.2) is 0 Å². The molecule has 2 aromatic rings. The molecule has 1 saturated heterocycles. The van der Waals surface area contributed by atoms with E-state index in [9.17, 15) is 0 Å². The van der Waals surface area contributed by atoms with E-state index < -0.39 is 11.6 Å². The smallest absolute Gasteiger partial charge is 0.256 e. The minimum absolute atomic E-state index is 0.250. The monoisotopic (exact) mass is 432 g/mol. The Morgan fingerprint density at radius 2 is 1.34 bits per heavy atom. The molecule has 0 amide bonds. The fraction of sp³-hybridized carbons (Fsp3) is 0.500. The highest BCUT2D eigenvalue weighted by atomic mass is 35.5. The second kappa shape index (κ2) is 7.25. The molecule has 0 aromatic heterocycles. The molecule has 5 unspecified atom stereocenters. The molecule has 3 aliphatic rings. The molecule has 5 rings (SSSR count). The van der Waals surface area contributed by atoms with Gasteiger partial charge < -0.3 is 4.74 Å². The molecule has 3 nitrogen and oxygen atoms in total. The number of hydrogen-bond acceptors (Lipinski definition) is 3. The lowest BCUT2D eigenvalue weighted by atomic mass is 9.62. The molecule has 0 radical (unpaired) electrons. The summed E-state index contributed by atoms with van der Waals surface area (Å²) in [6, 6.07) is 15.2. The molecule has 5 heteroatoms. The fourth-order valence-electron chi connectivity index (χ4n) is 5.77. The van der Waals surface area contributed by atoms with Gasteiger partial charge in [0.05, 0.1) is 0 Å². The van der Waals surface area contributed by atoms with E-state index >= 15 is 0 Å². The molecule has 2 bridgehead atoms. The van der Waals surface area contributed by atoms with Gasteiger partial charge in [-0.1, -0.05) is 61.3 Å². The quantitative estimate of drug-likeness (QED) is 0.479. The van der Waals surface area contributed by atoms with Gasteiger partial charge in [-0.25, -0.2) is 0 Å². The maximum Gasteiger partial charge on any atom is 0.256 e. The molecule has 1 heterocycles. The summed E-state index contributed by atoms with van der Waals surface area (Å²) in [4.78, 5) is 12.4. The van der Waals surface area contributed by atoms with Crippen LogP contribution in [0, 0.1) is 23.7 Å². The first kappa shape index (κ1) is 19.8. The first-order valence-corrected chi connectivity index (χ1v) is 11.3. The van der Waals surface area contributed by atoms with Crippen LogP contribution >= 0.6 is 23.2 Å². The molecular formula is C24H26Cl2O3. The second-order valence-corrected chi connectivity index (χ2v) is 10.0. The van der Waals surface area contributed by atoms with E-state index in [1.807, 2.05) is 48.5 Å². The number of hydrogen-bond donors (Lipinski definition) is 0. The molecule has 1 spiro atoms. The summed E-state index contributed by atoms with van der Waals surface area (Å²) >= 11 is 12.3. The summed E-state index contributed by atoms with van der Waals surface area (Å²) in [7, 11) is 0. The van der Waals surface area contributed by atoms with Crippen LogP contribution in [0.2, 0.25) is 10.0 Å². The van der Waals surface area contributed by atoms with Crippen LogP contribution in [0.3, 0.4) is 0 Å². The number of fused-ring (bicyclic) bond motifs is 3. The lowest BCUT2D eigenvalue weighted by Crippen LogP contribution is -2.53. The van der Waals surface area contributed by atoms with Crippen molar-refractivity contribution in [2.45, 2.75) is 51.1 Å². The molecule has 0 N–H and O–H groups in total. The molecule has 2 aliphatic carbocycles. The summed E-state index contributed by atoms with van der Waals surface area (Å²) in [6.45, 7) is 4.57. The van der Waals surface area contributed by atoms with Crippen molar-refractivity contribution in [3.63, 3.8) is 0 Å². The Hall–Kier alpha value is -1.10. The third-order valence-electron chi connectivity index (χ3n) is 7.02. The van der Waals surface area contributed by atoms with Crippen molar-refractivity contribution in [1.29, 1.82) is 0 Å². The Bertz CT molecular complexity index is 833. The van der Waals surface area contributed by atoms with Crippen LogP contribution < -0.4 is 0 Å². The van der Waals surface area contributed by atoms with Crippen LogP contribution in [0.25, 0.3) is 0 Å². The highest BCUT2D eigenvalue weighted by Crippen LogP contribution is 2.59. The van der Waals surface area contributed by atoms with Gasteiger partial charge in [-0.2, -0.15) is 9.78 Å². The number of halogens is 2. The Labute approximate surface area is 182 Å². The summed E-state index contributed by atoms with van der Waals surface area (Å²) in [5.41, 5.74) is 1.72. The molecular weight excluding hydrogens is 407 g/mol. The standard InChI is InChI=1S/C24H26Cl2O3/c1-15-11-17-13-16(2)23(20(12-15)14-17)27-24(29-28-23,18-3-7-21(25)8-4-18)19-5-9-22(26)10-6-19/h3-10,15-17,20H,11-14H2,1-2H3. The van der Waals surface area contributed by atoms with Gasteiger partial charge in [0.1, 0.15) is 0 Å². The largest absolute Gasteiger partial charge is 0.304 e. The van der Waals surface area contributed by atoms with E-state index in [1.54, 1.807) is 0 Å². The molecule has 1 aliphatic heterocycles. The average Bonchev–Trinajstić information content (AvgIpc) is 3.11. The molecule has 2 saturated carbocycles. The van der Waals surface area contributed by atoms with Crippen molar-refractivity contribution in [3.05, 3.63) is 69.7 Å². The first-order chi connectivity index (χ1) is 13.9. The number of rotatable bonds is 2. The highest BCUT2D eigenvalue weighted by Gasteiger charge is 2.63. The Balaban J connectivity index is 1.60. The third kappa shape index (κ3) is 3.23. The average molecular weight is 433 g/mol. The van der Waals surface area contributed by atoms with E-state index in [1.165, 1.54) is 6.42 Å². The first-order valence-electron chi connectivity index (χ1n) is 10.5. The maximum atomic E-state index is 6.95.